The zero-order valence-corrected chi connectivity index (χ0v) is 13.4. The number of aryl methyl sites for hydroxylation is 1. The molecule has 0 aliphatic rings. The van der Waals surface area contributed by atoms with Gasteiger partial charge in [-0.2, -0.15) is 0 Å². The number of nitrogens with one attached hydrogen (secondary N) is 1. The molecule has 2 nitrogen and oxygen atoms in total. The summed E-state index contributed by atoms with van der Waals surface area (Å²) in [7, 11) is 0. The van der Waals surface area contributed by atoms with Crippen molar-refractivity contribution in [3.8, 4) is 5.75 Å². The number of benzene rings is 2. The Morgan fingerprint density at radius 1 is 1.10 bits per heavy atom. The fourth-order valence-electron chi connectivity index (χ4n) is 2.12. The predicted molar refractivity (Wildman–Crippen MR) is 89.0 cm³/mol. The molecule has 0 spiro atoms. The van der Waals surface area contributed by atoms with Crippen molar-refractivity contribution in [2.75, 3.05) is 6.54 Å². The van der Waals surface area contributed by atoms with Crippen molar-refractivity contribution in [3.05, 3.63) is 64.2 Å². The summed E-state index contributed by atoms with van der Waals surface area (Å²) in [5, 5.41) is 4.06. The second-order valence-electron chi connectivity index (χ2n) is 5.22. The van der Waals surface area contributed by atoms with Gasteiger partial charge >= 0.3 is 0 Å². The zero-order chi connectivity index (χ0) is 15.1. The van der Waals surface area contributed by atoms with E-state index < -0.39 is 0 Å². The summed E-state index contributed by atoms with van der Waals surface area (Å²) < 4.78 is 5.83. The van der Waals surface area contributed by atoms with Crippen molar-refractivity contribution in [2.24, 2.45) is 0 Å². The fourth-order valence-corrected chi connectivity index (χ4v) is 2.29. The molecule has 1 N–H and O–H groups in total. The van der Waals surface area contributed by atoms with Crippen molar-refractivity contribution < 1.29 is 4.74 Å². The van der Waals surface area contributed by atoms with Gasteiger partial charge < -0.3 is 10.1 Å². The first-order valence-corrected chi connectivity index (χ1v) is 7.74. The maximum atomic E-state index is 6.14. The van der Waals surface area contributed by atoms with Gasteiger partial charge in [0.25, 0.3) is 0 Å². The predicted octanol–water partition coefficient (Wildman–Crippen LogP) is 4.73. The Bertz CT molecular complexity index is 583. The van der Waals surface area contributed by atoms with Crippen LogP contribution in [-0.4, -0.2) is 6.54 Å². The van der Waals surface area contributed by atoms with E-state index in [9.17, 15) is 0 Å². The van der Waals surface area contributed by atoms with E-state index in [4.69, 9.17) is 16.3 Å². The molecule has 21 heavy (non-hydrogen) atoms. The van der Waals surface area contributed by atoms with Crippen LogP contribution in [0.4, 0.5) is 0 Å². The largest absolute Gasteiger partial charge is 0.487 e. The van der Waals surface area contributed by atoms with Crippen LogP contribution in [0.3, 0.4) is 0 Å². The molecule has 0 saturated carbocycles. The van der Waals surface area contributed by atoms with E-state index in [1.165, 1.54) is 5.56 Å². The van der Waals surface area contributed by atoms with E-state index >= 15 is 0 Å². The summed E-state index contributed by atoms with van der Waals surface area (Å²) in [5.74, 6) is 0.742. The number of hydrogen-bond acceptors (Lipinski definition) is 2. The molecule has 112 valence electrons. The Hall–Kier alpha value is -1.51. The molecule has 0 aliphatic heterocycles. The molecular formula is C18H22ClNO. The van der Waals surface area contributed by atoms with Gasteiger partial charge in [0.2, 0.25) is 0 Å². The third kappa shape index (κ3) is 5.07. The average Bonchev–Trinajstić information content (AvgIpc) is 2.49. The molecule has 0 radical (unpaired) electrons. The molecular weight excluding hydrogens is 282 g/mol. The number of ether oxygens (including phenoxy) is 1. The van der Waals surface area contributed by atoms with Gasteiger partial charge in [-0.05, 0) is 48.7 Å². The van der Waals surface area contributed by atoms with Crippen LogP contribution >= 0.6 is 11.6 Å². The molecule has 0 saturated heterocycles. The standard InChI is InChI=1S/C18H22ClNO/c1-3-9-20-12-15-5-4-6-16(11-15)13-21-18-10-14(2)7-8-17(18)19/h4-8,10-11,20H,3,9,12-13H2,1-2H3. The third-order valence-electron chi connectivity index (χ3n) is 3.23. The summed E-state index contributed by atoms with van der Waals surface area (Å²) in [5.41, 5.74) is 3.58. The zero-order valence-electron chi connectivity index (χ0n) is 12.7. The number of rotatable bonds is 7. The van der Waals surface area contributed by atoms with Crippen molar-refractivity contribution in [1.82, 2.24) is 5.32 Å². The van der Waals surface area contributed by atoms with E-state index in [2.05, 4.69) is 36.5 Å². The smallest absolute Gasteiger partial charge is 0.138 e. The Labute approximate surface area is 132 Å². The van der Waals surface area contributed by atoms with Gasteiger partial charge in [-0.15, -0.1) is 0 Å². The molecule has 0 aliphatic carbocycles. The SMILES string of the molecule is CCCNCc1cccc(COc2cc(C)ccc2Cl)c1. The Morgan fingerprint density at radius 2 is 1.90 bits per heavy atom. The van der Waals surface area contributed by atoms with Crippen LogP contribution in [0.1, 0.15) is 30.0 Å². The average molecular weight is 304 g/mol. The third-order valence-corrected chi connectivity index (χ3v) is 3.54. The summed E-state index contributed by atoms with van der Waals surface area (Å²) in [4.78, 5) is 0. The van der Waals surface area contributed by atoms with Gasteiger partial charge in [0.15, 0.2) is 0 Å². The highest BCUT2D eigenvalue weighted by Gasteiger charge is 2.03. The molecule has 0 aromatic heterocycles. The number of halogens is 1. The lowest BCUT2D eigenvalue weighted by Crippen LogP contribution is -2.13. The Kier molecular flexibility index (Phi) is 6.09. The van der Waals surface area contributed by atoms with Crippen molar-refractivity contribution in [1.29, 1.82) is 0 Å². The highest BCUT2D eigenvalue weighted by Crippen LogP contribution is 2.26. The molecule has 2 aromatic rings. The van der Waals surface area contributed by atoms with Crippen LogP contribution in [0.15, 0.2) is 42.5 Å². The van der Waals surface area contributed by atoms with Crippen molar-refractivity contribution in [2.45, 2.75) is 33.4 Å². The van der Waals surface area contributed by atoms with Crippen LogP contribution in [0, 0.1) is 6.92 Å². The topological polar surface area (TPSA) is 21.3 Å². The van der Waals surface area contributed by atoms with Gasteiger partial charge in [-0.1, -0.05) is 48.9 Å². The maximum absolute atomic E-state index is 6.14. The van der Waals surface area contributed by atoms with Crippen molar-refractivity contribution in [3.63, 3.8) is 0 Å². The quantitative estimate of drug-likeness (QED) is 0.747. The van der Waals surface area contributed by atoms with Gasteiger partial charge in [-0.3, -0.25) is 0 Å². The molecule has 0 fully saturated rings. The van der Waals surface area contributed by atoms with E-state index in [0.29, 0.717) is 11.6 Å². The van der Waals surface area contributed by atoms with Gasteiger partial charge in [0.05, 0.1) is 5.02 Å². The van der Waals surface area contributed by atoms with Crippen LogP contribution in [0.25, 0.3) is 0 Å². The summed E-state index contributed by atoms with van der Waals surface area (Å²) in [6.45, 7) is 6.67. The van der Waals surface area contributed by atoms with Crippen molar-refractivity contribution >= 4 is 11.6 Å². The molecule has 2 rings (SSSR count). The van der Waals surface area contributed by atoms with Crippen LogP contribution < -0.4 is 10.1 Å². The molecule has 0 amide bonds. The summed E-state index contributed by atoms with van der Waals surface area (Å²) in [6.07, 6.45) is 1.15. The van der Waals surface area contributed by atoms with Crippen LogP contribution in [0.2, 0.25) is 5.02 Å². The normalized spacial score (nSPS) is 10.6. The highest BCUT2D eigenvalue weighted by molar-refractivity contribution is 6.32. The second-order valence-corrected chi connectivity index (χ2v) is 5.63. The Balaban J connectivity index is 1.96. The minimum atomic E-state index is 0.533. The van der Waals surface area contributed by atoms with Gasteiger partial charge in [-0.25, -0.2) is 0 Å². The summed E-state index contributed by atoms with van der Waals surface area (Å²) in [6, 6.07) is 14.3. The molecule has 0 atom stereocenters. The number of hydrogen-bond donors (Lipinski definition) is 1. The molecule has 2 aromatic carbocycles. The minimum Gasteiger partial charge on any atom is -0.487 e. The molecule has 0 heterocycles. The summed E-state index contributed by atoms with van der Waals surface area (Å²) >= 11 is 6.14. The first-order chi connectivity index (χ1) is 10.2. The molecule has 3 heteroatoms. The monoisotopic (exact) mass is 303 g/mol. The van der Waals surface area contributed by atoms with Crippen LogP contribution in [-0.2, 0) is 13.2 Å². The second kappa shape index (κ2) is 8.06. The Morgan fingerprint density at radius 3 is 2.71 bits per heavy atom. The van der Waals surface area contributed by atoms with E-state index in [0.717, 1.165) is 36.4 Å². The molecule has 0 unspecified atom stereocenters. The van der Waals surface area contributed by atoms with E-state index in [-0.39, 0.29) is 0 Å². The van der Waals surface area contributed by atoms with Gasteiger partial charge in [0.1, 0.15) is 12.4 Å². The molecule has 0 bridgehead atoms. The minimum absolute atomic E-state index is 0.533. The lowest BCUT2D eigenvalue weighted by molar-refractivity contribution is 0.306. The first-order valence-electron chi connectivity index (χ1n) is 7.36. The first kappa shape index (κ1) is 15.9. The van der Waals surface area contributed by atoms with E-state index in [1.54, 1.807) is 0 Å². The lowest BCUT2D eigenvalue weighted by Gasteiger charge is -2.10. The van der Waals surface area contributed by atoms with Crippen LogP contribution in [0.5, 0.6) is 5.75 Å². The van der Waals surface area contributed by atoms with Gasteiger partial charge in [0, 0.05) is 6.54 Å². The highest BCUT2D eigenvalue weighted by atomic mass is 35.5. The maximum Gasteiger partial charge on any atom is 0.138 e. The van der Waals surface area contributed by atoms with E-state index in [1.807, 2.05) is 25.1 Å². The lowest BCUT2D eigenvalue weighted by atomic mass is 10.1. The fraction of sp³-hybridized carbons (Fsp3) is 0.333.